The van der Waals surface area contributed by atoms with Crippen LogP contribution in [0.4, 0.5) is 5.69 Å². The molecular weight excluding hydrogens is 436 g/mol. The van der Waals surface area contributed by atoms with E-state index in [2.05, 4.69) is 66.2 Å². The molecule has 1 N–H and O–H groups in total. The maximum absolute atomic E-state index is 5.76. The molecule has 0 bridgehead atoms. The first-order valence-electron chi connectivity index (χ1n) is 9.09. The van der Waals surface area contributed by atoms with E-state index in [1.165, 1.54) is 5.69 Å². The number of nitrogens with zero attached hydrogens (tertiary/aromatic N) is 3. The van der Waals surface area contributed by atoms with E-state index >= 15 is 0 Å². The highest BCUT2D eigenvalue weighted by molar-refractivity contribution is 9.10. The second kappa shape index (κ2) is 8.43. The van der Waals surface area contributed by atoms with Crippen LogP contribution in [0.15, 0.2) is 71.5 Å². The third kappa shape index (κ3) is 3.70. The van der Waals surface area contributed by atoms with E-state index in [4.69, 9.17) is 17.0 Å². The Labute approximate surface area is 178 Å². The summed E-state index contributed by atoms with van der Waals surface area (Å²) in [4.78, 5) is 6.78. The van der Waals surface area contributed by atoms with Gasteiger partial charge in [-0.1, -0.05) is 22.0 Å². The van der Waals surface area contributed by atoms with Crippen LogP contribution >= 0.6 is 28.1 Å². The van der Waals surface area contributed by atoms with Gasteiger partial charge in [-0.3, -0.25) is 4.98 Å². The molecule has 1 aliphatic rings. The smallest absolute Gasteiger partial charge is 0.174 e. The number of hydrogen-bond donors (Lipinski definition) is 1. The molecule has 28 heavy (non-hydrogen) atoms. The number of thiocarbonyl (C=S) groups is 1. The lowest BCUT2D eigenvalue weighted by atomic mass is 10.0. The summed E-state index contributed by atoms with van der Waals surface area (Å²) in [6.45, 7) is 1.43. The molecule has 0 spiro atoms. The minimum absolute atomic E-state index is 0.0181. The van der Waals surface area contributed by atoms with Gasteiger partial charge in [0.2, 0.25) is 0 Å². The summed E-state index contributed by atoms with van der Waals surface area (Å²) >= 11 is 9.27. The SMILES string of the molecule is COCCn1cccc1[C@@H]1[C@@H](c2ccccn2)NC(=S)N1c1ccc(Br)cc1. The fourth-order valence-corrected chi connectivity index (χ4v) is 4.23. The Kier molecular flexibility index (Phi) is 5.75. The lowest BCUT2D eigenvalue weighted by Crippen LogP contribution is -2.30. The monoisotopic (exact) mass is 456 g/mol. The topological polar surface area (TPSA) is 42.3 Å². The third-order valence-electron chi connectivity index (χ3n) is 4.91. The number of nitrogens with one attached hydrogen (secondary N) is 1. The van der Waals surface area contributed by atoms with Crippen molar-refractivity contribution in [1.29, 1.82) is 0 Å². The van der Waals surface area contributed by atoms with Crippen molar-refractivity contribution in [2.75, 3.05) is 18.6 Å². The average molecular weight is 457 g/mol. The molecule has 5 nitrogen and oxygen atoms in total. The van der Waals surface area contributed by atoms with Crippen molar-refractivity contribution < 1.29 is 4.74 Å². The Morgan fingerprint density at radius 3 is 2.68 bits per heavy atom. The van der Waals surface area contributed by atoms with Crippen LogP contribution in [0.1, 0.15) is 23.5 Å². The van der Waals surface area contributed by atoms with E-state index < -0.39 is 0 Å². The molecule has 7 heteroatoms. The highest BCUT2D eigenvalue weighted by Gasteiger charge is 2.41. The van der Waals surface area contributed by atoms with Gasteiger partial charge in [-0.05, 0) is 60.7 Å². The molecule has 2 atom stereocenters. The van der Waals surface area contributed by atoms with Crippen molar-refractivity contribution >= 4 is 38.9 Å². The minimum atomic E-state index is -0.0476. The molecule has 1 fully saturated rings. The molecule has 2 aromatic heterocycles. The van der Waals surface area contributed by atoms with Gasteiger partial charge in [0.15, 0.2) is 5.11 Å². The summed E-state index contributed by atoms with van der Waals surface area (Å²) in [6.07, 6.45) is 3.91. The number of methoxy groups -OCH3 is 1. The number of aromatic nitrogens is 2. The molecule has 4 rings (SSSR count). The fraction of sp³-hybridized carbons (Fsp3) is 0.238. The van der Waals surface area contributed by atoms with Crippen LogP contribution in [-0.4, -0.2) is 28.4 Å². The molecule has 0 radical (unpaired) electrons. The van der Waals surface area contributed by atoms with Crippen LogP contribution in [-0.2, 0) is 11.3 Å². The van der Waals surface area contributed by atoms with Gasteiger partial charge < -0.3 is 19.5 Å². The van der Waals surface area contributed by atoms with Gasteiger partial charge >= 0.3 is 0 Å². The zero-order valence-electron chi connectivity index (χ0n) is 15.5. The maximum Gasteiger partial charge on any atom is 0.174 e. The first-order chi connectivity index (χ1) is 13.7. The van der Waals surface area contributed by atoms with Crippen molar-refractivity contribution in [1.82, 2.24) is 14.9 Å². The summed E-state index contributed by atoms with van der Waals surface area (Å²) in [5.41, 5.74) is 3.18. The highest BCUT2D eigenvalue weighted by atomic mass is 79.9. The van der Waals surface area contributed by atoms with Crippen LogP contribution in [0.5, 0.6) is 0 Å². The molecule has 1 saturated heterocycles. The summed E-state index contributed by atoms with van der Waals surface area (Å²) in [5, 5.41) is 4.19. The minimum Gasteiger partial charge on any atom is -0.383 e. The molecule has 1 aliphatic heterocycles. The van der Waals surface area contributed by atoms with Crippen molar-refractivity contribution in [3.05, 3.63) is 82.9 Å². The second-order valence-electron chi connectivity index (χ2n) is 6.59. The standard InChI is InChI=1S/C21H21BrN4OS/c1-27-14-13-25-12-4-6-18(25)20-19(17-5-2-3-11-23-17)24-21(28)26(20)16-9-7-15(22)8-10-16/h2-12,19-20H,13-14H2,1H3,(H,24,28)/t19-,20-/m1/s1. The number of ether oxygens (including phenoxy) is 1. The maximum atomic E-state index is 5.76. The fourth-order valence-electron chi connectivity index (χ4n) is 3.62. The van der Waals surface area contributed by atoms with Crippen LogP contribution in [0.3, 0.4) is 0 Å². The van der Waals surface area contributed by atoms with Gasteiger partial charge in [-0.25, -0.2) is 0 Å². The zero-order chi connectivity index (χ0) is 19.5. The van der Waals surface area contributed by atoms with E-state index in [1.807, 2.05) is 36.5 Å². The largest absolute Gasteiger partial charge is 0.383 e. The summed E-state index contributed by atoms with van der Waals surface area (Å²) in [7, 11) is 1.72. The number of anilines is 1. The van der Waals surface area contributed by atoms with E-state index in [0.29, 0.717) is 11.7 Å². The van der Waals surface area contributed by atoms with Crippen LogP contribution in [0.2, 0.25) is 0 Å². The first kappa shape index (κ1) is 19.1. The van der Waals surface area contributed by atoms with Gasteiger partial charge in [0.1, 0.15) is 6.04 Å². The first-order valence-corrected chi connectivity index (χ1v) is 10.3. The molecule has 0 aliphatic carbocycles. The Morgan fingerprint density at radius 2 is 1.96 bits per heavy atom. The number of halogens is 1. The molecule has 0 saturated carbocycles. The molecule has 0 unspecified atom stereocenters. The lowest BCUT2D eigenvalue weighted by molar-refractivity contribution is 0.186. The summed E-state index contributed by atoms with van der Waals surface area (Å²) in [5.74, 6) is 0. The van der Waals surface area contributed by atoms with E-state index in [1.54, 1.807) is 7.11 Å². The molecule has 1 aromatic carbocycles. The molecule has 0 amide bonds. The van der Waals surface area contributed by atoms with Crippen LogP contribution < -0.4 is 10.2 Å². The van der Waals surface area contributed by atoms with Gasteiger partial charge in [-0.2, -0.15) is 0 Å². The molecular formula is C21H21BrN4OS. The number of benzene rings is 1. The molecule has 3 aromatic rings. The van der Waals surface area contributed by atoms with E-state index in [-0.39, 0.29) is 12.1 Å². The van der Waals surface area contributed by atoms with Gasteiger partial charge in [0.25, 0.3) is 0 Å². The summed E-state index contributed by atoms with van der Waals surface area (Å²) < 4.78 is 8.56. The number of rotatable bonds is 6. The van der Waals surface area contributed by atoms with Crippen molar-refractivity contribution in [3.63, 3.8) is 0 Å². The van der Waals surface area contributed by atoms with Crippen molar-refractivity contribution in [2.24, 2.45) is 0 Å². The second-order valence-corrected chi connectivity index (χ2v) is 7.89. The predicted molar refractivity (Wildman–Crippen MR) is 118 cm³/mol. The Hall–Kier alpha value is -2.22. The highest BCUT2D eigenvalue weighted by Crippen LogP contribution is 2.41. The quantitative estimate of drug-likeness (QED) is 0.554. The number of hydrogen-bond acceptors (Lipinski definition) is 3. The Bertz CT molecular complexity index is 945. The lowest BCUT2D eigenvalue weighted by Gasteiger charge is -2.29. The van der Waals surface area contributed by atoms with Crippen molar-refractivity contribution in [3.8, 4) is 0 Å². The number of pyridine rings is 1. The van der Waals surface area contributed by atoms with Crippen molar-refractivity contribution in [2.45, 2.75) is 18.6 Å². The van der Waals surface area contributed by atoms with E-state index in [0.717, 1.165) is 22.4 Å². The van der Waals surface area contributed by atoms with Gasteiger partial charge in [0.05, 0.1) is 18.3 Å². The van der Waals surface area contributed by atoms with E-state index in [9.17, 15) is 0 Å². The molecule has 3 heterocycles. The Morgan fingerprint density at radius 1 is 1.14 bits per heavy atom. The average Bonchev–Trinajstić information content (AvgIpc) is 3.31. The van der Waals surface area contributed by atoms with Crippen LogP contribution in [0.25, 0.3) is 0 Å². The summed E-state index contributed by atoms with van der Waals surface area (Å²) in [6, 6.07) is 18.4. The predicted octanol–water partition coefficient (Wildman–Crippen LogP) is 4.47. The third-order valence-corrected chi connectivity index (χ3v) is 5.75. The van der Waals surface area contributed by atoms with Crippen LogP contribution in [0, 0.1) is 0 Å². The molecule has 144 valence electrons. The van der Waals surface area contributed by atoms with Gasteiger partial charge in [-0.15, -0.1) is 0 Å². The van der Waals surface area contributed by atoms with Gasteiger partial charge in [0, 0.05) is 41.9 Å². The normalized spacial score (nSPS) is 19.1. The zero-order valence-corrected chi connectivity index (χ0v) is 17.9. The Balaban J connectivity index is 1.80.